The van der Waals surface area contributed by atoms with Crippen LogP contribution in [0.5, 0.6) is 0 Å². The summed E-state index contributed by atoms with van der Waals surface area (Å²) >= 11 is 1.47. The van der Waals surface area contributed by atoms with E-state index in [0.29, 0.717) is 12.1 Å². The lowest BCUT2D eigenvalue weighted by Crippen LogP contribution is -2.35. The zero-order valence-corrected chi connectivity index (χ0v) is 16.8. The zero-order valence-electron chi connectivity index (χ0n) is 16.0. The van der Waals surface area contributed by atoms with Gasteiger partial charge in [-0.25, -0.2) is 0 Å². The number of nitrogens with zero attached hydrogens (tertiary/aromatic N) is 1. The van der Waals surface area contributed by atoms with Crippen molar-refractivity contribution >= 4 is 28.8 Å². The summed E-state index contributed by atoms with van der Waals surface area (Å²) in [7, 11) is 0. The van der Waals surface area contributed by atoms with Crippen LogP contribution in [0, 0.1) is 13.8 Å². The van der Waals surface area contributed by atoms with Gasteiger partial charge in [0.25, 0.3) is 11.8 Å². The van der Waals surface area contributed by atoms with Gasteiger partial charge in [0.15, 0.2) is 0 Å². The molecule has 0 atom stereocenters. The van der Waals surface area contributed by atoms with Crippen LogP contribution < -0.4 is 5.32 Å². The summed E-state index contributed by atoms with van der Waals surface area (Å²) in [6, 6.07) is 15.5. The zero-order chi connectivity index (χ0) is 19.7. The molecular formula is C23H22N2O2S. The van der Waals surface area contributed by atoms with Gasteiger partial charge in [-0.3, -0.25) is 9.59 Å². The second-order valence-corrected chi connectivity index (χ2v) is 8.14. The molecule has 2 aromatic carbocycles. The Morgan fingerprint density at radius 3 is 2.61 bits per heavy atom. The average molecular weight is 391 g/mol. The molecular weight excluding hydrogens is 368 g/mol. The predicted octanol–water partition coefficient (Wildman–Crippen LogP) is 4.82. The summed E-state index contributed by atoms with van der Waals surface area (Å²) in [5, 5.41) is 4.91. The first-order valence-electron chi connectivity index (χ1n) is 9.34. The van der Waals surface area contributed by atoms with Crippen molar-refractivity contribution in [2.24, 2.45) is 0 Å². The lowest BCUT2D eigenvalue weighted by molar-refractivity contribution is 0.0739. The van der Waals surface area contributed by atoms with Crippen LogP contribution in [0.1, 0.15) is 42.3 Å². The van der Waals surface area contributed by atoms with Crippen LogP contribution in [-0.2, 0) is 13.0 Å². The van der Waals surface area contributed by atoms with Crippen molar-refractivity contribution in [2.45, 2.75) is 26.8 Å². The van der Waals surface area contributed by atoms with Crippen LogP contribution in [-0.4, -0.2) is 23.3 Å². The van der Waals surface area contributed by atoms with Gasteiger partial charge in [0.1, 0.15) is 0 Å². The van der Waals surface area contributed by atoms with Gasteiger partial charge < -0.3 is 10.2 Å². The molecule has 0 radical (unpaired) electrons. The first-order chi connectivity index (χ1) is 13.5. The molecule has 0 saturated carbocycles. The third-order valence-corrected chi connectivity index (χ3v) is 6.12. The van der Waals surface area contributed by atoms with E-state index in [1.54, 1.807) is 0 Å². The van der Waals surface area contributed by atoms with Gasteiger partial charge in [-0.1, -0.05) is 18.2 Å². The molecule has 0 aliphatic carbocycles. The number of nitrogens with one attached hydrogen (secondary N) is 1. The summed E-state index contributed by atoms with van der Waals surface area (Å²) in [5.74, 6) is -0.0457. The molecule has 2 amide bonds. The number of hydrogen-bond acceptors (Lipinski definition) is 3. The molecule has 1 aliphatic heterocycles. The monoisotopic (exact) mass is 390 g/mol. The molecule has 1 aromatic heterocycles. The van der Waals surface area contributed by atoms with Crippen molar-refractivity contribution in [1.29, 1.82) is 0 Å². The Balaban J connectivity index is 1.50. The van der Waals surface area contributed by atoms with Gasteiger partial charge >= 0.3 is 0 Å². The van der Waals surface area contributed by atoms with Crippen LogP contribution in [0.25, 0.3) is 0 Å². The molecule has 0 spiro atoms. The molecule has 1 aliphatic rings. The minimum Gasteiger partial charge on any atom is -0.333 e. The molecule has 4 rings (SSSR count). The van der Waals surface area contributed by atoms with Gasteiger partial charge in [-0.2, -0.15) is 0 Å². The van der Waals surface area contributed by atoms with Crippen molar-refractivity contribution in [2.75, 3.05) is 11.9 Å². The molecule has 3 aromatic rings. The highest BCUT2D eigenvalue weighted by molar-refractivity contribution is 7.12. The minimum absolute atomic E-state index is 0.0743. The lowest BCUT2D eigenvalue weighted by Gasteiger charge is -2.29. The van der Waals surface area contributed by atoms with Gasteiger partial charge in [-0.05, 0) is 78.2 Å². The molecule has 5 heteroatoms. The first-order valence-corrected chi connectivity index (χ1v) is 10.2. The number of anilines is 1. The van der Waals surface area contributed by atoms with E-state index in [-0.39, 0.29) is 11.8 Å². The Kier molecular flexibility index (Phi) is 5.01. The van der Waals surface area contributed by atoms with Crippen LogP contribution in [0.2, 0.25) is 0 Å². The molecule has 28 heavy (non-hydrogen) atoms. The Hall–Kier alpha value is -2.92. The Labute approximate surface area is 168 Å². The molecule has 142 valence electrons. The quantitative estimate of drug-likeness (QED) is 0.697. The molecule has 2 heterocycles. The van der Waals surface area contributed by atoms with Crippen LogP contribution in [0.15, 0.2) is 53.9 Å². The minimum atomic E-state index is -0.120. The number of rotatable bonds is 3. The van der Waals surface area contributed by atoms with E-state index in [0.717, 1.165) is 34.7 Å². The van der Waals surface area contributed by atoms with Crippen molar-refractivity contribution in [3.63, 3.8) is 0 Å². The third kappa shape index (κ3) is 3.71. The van der Waals surface area contributed by atoms with E-state index >= 15 is 0 Å². The molecule has 0 unspecified atom stereocenters. The fraction of sp³-hybridized carbons (Fsp3) is 0.217. The van der Waals surface area contributed by atoms with Gasteiger partial charge in [-0.15, -0.1) is 11.3 Å². The fourth-order valence-electron chi connectivity index (χ4n) is 3.45. The van der Waals surface area contributed by atoms with Crippen molar-refractivity contribution in [3.8, 4) is 0 Å². The van der Waals surface area contributed by atoms with Crippen LogP contribution >= 0.6 is 11.3 Å². The number of thiophene rings is 1. The molecule has 0 saturated heterocycles. The third-order valence-electron chi connectivity index (χ3n) is 5.26. The summed E-state index contributed by atoms with van der Waals surface area (Å²) in [5.41, 5.74) is 6.00. The van der Waals surface area contributed by atoms with Crippen molar-refractivity contribution in [3.05, 3.63) is 86.6 Å². The Bertz CT molecular complexity index is 1040. The summed E-state index contributed by atoms with van der Waals surface area (Å²) in [6.07, 6.45) is 0.831. The van der Waals surface area contributed by atoms with E-state index in [1.807, 2.05) is 66.6 Å². The maximum atomic E-state index is 12.6. The van der Waals surface area contributed by atoms with Crippen molar-refractivity contribution < 1.29 is 9.59 Å². The highest BCUT2D eigenvalue weighted by Crippen LogP contribution is 2.25. The SMILES string of the molecule is Cc1ccc(C(=O)Nc2ccc3c(c2)CN(C(=O)c2cccs2)CC3)cc1C. The summed E-state index contributed by atoms with van der Waals surface area (Å²) in [4.78, 5) is 27.9. The smallest absolute Gasteiger partial charge is 0.264 e. The average Bonchev–Trinajstić information content (AvgIpc) is 3.23. The van der Waals surface area contributed by atoms with Crippen molar-refractivity contribution in [1.82, 2.24) is 4.90 Å². The van der Waals surface area contributed by atoms with E-state index in [9.17, 15) is 9.59 Å². The highest BCUT2D eigenvalue weighted by atomic mass is 32.1. The number of amides is 2. The summed E-state index contributed by atoms with van der Waals surface area (Å²) in [6.45, 7) is 5.32. The second-order valence-electron chi connectivity index (χ2n) is 7.19. The predicted molar refractivity (Wildman–Crippen MR) is 113 cm³/mol. The van der Waals surface area contributed by atoms with Gasteiger partial charge in [0, 0.05) is 24.3 Å². The standard InChI is InChI=1S/C23H22N2O2S/c1-15-5-6-18(12-16(15)2)22(26)24-20-8-7-17-9-10-25(14-19(17)13-20)23(27)21-4-3-11-28-21/h3-8,11-13H,9-10,14H2,1-2H3,(H,24,26). The first kappa shape index (κ1) is 18.4. The highest BCUT2D eigenvalue weighted by Gasteiger charge is 2.22. The van der Waals surface area contributed by atoms with Crippen LogP contribution in [0.4, 0.5) is 5.69 Å². The van der Waals surface area contributed by atoms with Crippen LogP contribution in [0.3, 0.4) is 0 Å². The number of fused-ring (bicyclic) bond motifs is 1. The number of hydrogen-bond donors (Lipinski definition) is 1. The number of benzene rings is 2. The summed E-state index contributed by atoms with van der Waals surface area (Å²) < 4.78 is 0. The number of carbonyl (C=O) groups excluding carboxylic acids is 2. The maximum Gasteiger partial charge on any atom is 0.264 e. The van der Waals surface area contributed by atoms with E-state index in [1.165, 1.54) is 22.5 Å². The van der Waals surface area contributed by atoms with Gasteiger partial charge in [0.2, 0.25) is 0 Å². The maximum absolute atomic E-state index is 12.6. The molecule has 1 N–H and O–H groups in total. The lowest BCUT2D eigenvalue weighted by atomic mass is 9.98. The number of carbonyl (C=O) groups is 2. The van der Waals surface area contributed by atoms with E-state index in [4.69, 9.17) is 0 Å². The Morgan fingerprint density at radius 2 is 1.86 bits per heavy atom. The molecule has 0 fully saturated rings. The normalized spacial score (nSPS) is 13.1. The molecule has 0 bridgehead atoms. The fourth-order valence-corrected chi connectivity index (χ4v) is 4.14. The Morgan fingerprint density at radius 1 is 1.00 bits per heavy atom. The number of aryl methyl sites for hydroxylation is 2. The van der Waals surface area contributed by atoms with E-state index in [2.05, 4.69) is 11.4 Å². The van der Waals surface area contributed by atoms with Gasteiger partial charge in [0.05, 0.1) is 4.88 Å². The largest absolute Gasteiger partial charge is 0.333 e. The topological polar surface area (TPSA) is 49.4 Å². The van der Waals surface area contributed by atoms with E-state index < -0.39 is 0 Å². The second kappa shape index (κ2) is 7.60. The molecule has 4 nitrogen and oxygen atoms in total.